The van der Waals surface area contributed by atoms with Gasteiger partial charge in [0.2, 0.25) is 5.76 Å². The van der Waals surface area contributed by atoms with Gasteiger partial charge in [-0.25, -0.2) is 0 Å². The molecule has 0 atom stereocenters. The monoisotopic (exact) mass is 242 g/mol. The average Bonchev–Trinajstić information content (AvgIpc) is 2.75. The first kappa shape index (κ1) is 13.5. The minimum atomic E-state index is -0.242. The first-order valence-corrected chi connectivity index (χ1v) is 5.42. The number of nitrogens with zero attached hydrogens (tertiary/aromatic N) is 2. The molecule has 0 spiro atoms. The fraction of sp³-hybridized carbons (Fsp3) is 0.636. The third-order valence-corrected chi connectivity index (χ3v) is 2.13. The number of hydrogen-bond acceptors (Lipinski definition) is 5. The number of amides is 1. The van der Waals surface area contributed by atoms with Crippen molar-refractivity contribution in [1.82, 2.24) is 10.1 Å². The topological polar surface area (TPSA) is 64.8 Å². The predicted molar refractivity (Wildman–Crippen MR) is 61.1 cm³/mol. The van der Waals surface area contributed by atoms with E-state index in [0.717, 1.165) is 0 Å². The molecule has 1 rings (SSSR count). The van der Waals surface area contributed by atoms with Crippen LogP contribution >= 0.6 is 0 Å². The Labute approximate surface area is 100 Å². The zero-order valence-corrected chi connectivity index (χ0v) is 10.6. The summed E-state index contributed by atoms with van der Waals surface area (Å²) in [6, 6.07) is 1.46. The van der Waals surface area contributed by atoms with E-state index in [2.05, 4.69) is 5.16 Å². The van der Waals surface area contributed by atoms with E-state index in [1.807, 2.05) is 13.8 Å². The van der Waals surface area contributed by atoms with Gasteiger partial charge in [-0.1, -0.05) is 0 Å². The van der Waals surface area contributed by atoms with Crippen molar-refractivity contribution >= 4 is 5.91 Å². The Morgan fingerprint density at radius 1 is 1.59 bits per heavy atom. The zero-order chi connectivity index (χ0) is 12.8. The molecule has 1 aromatic heterocycles. The summed E-state index contributed by atoms with van der Waals surface area (Å²) in [5, 5.41) is 3.57. The highest BCUT2D eigenvalue weighted by atomic mass is 16.5. The number of rotatable bonds is 6. The second-order valence-electron chi connectivity index (χ2n) is 3.88. The molecule has 1 heterocycles. The number of likely N-dealkylation sites (N-methyl/N-ethyl adjacent to an activating group) is 1. The van der Waals surface area contributed by atoms with Crippen molar-refractivity contribution in [2.45, 2.75) is 20.0 Å². The number of aromatic nitrogens is 1. The molecule has 1 amide bonds. The smallest absolute Gasteiger partial charge is 0.292 e. The molecule has 0 aromatic carbocycles. The van der Waals surface area contributed by atoms with Gasteiger partial charge in [0.1, 0.15) is 0 Å². The molecule has 0 aliphatic heterocycles. The van der Waals surface area contributed by atoms with Crippen LogP contribution in [0.4, 0.5) is 0 Å². The molecule has 0 aliphatic carbocycles. The van der Waals surface area contributed by atoms with E-state index < -0.39 is 0 Å². The lowest BCUT2D eigenvalue weighted by atomic mass is 10.4. The van der Waals surface area contributed by atoms with Crippen LogP contribution in [0.1, 0.15) is 24.4 Å². The third-order valence-electron chi connectivity index (χ3n) is 2.13. The maximum Gasteiger partial charge on any atom is 0.292 e. The molecule has 0 N–H and O–H groups in total. The van der Waals surface area contributed by atoms with E-state index in [1.54, 1.807) is 7.05 Å². The number of carbonyl (C=O) groups is 1. The summed E-state index contributed by atoms with van der Waals surface area (Å²) in [6.07, 6.45) is 0.156. The Morgan fingerprint density at radius 3 is 2.82 bits per heavy atom. The lowest BCUT2D eigenvalue weighted by molar-refractivity contribution is 0.0510. The first-order chi connectivity index (χ1) is 8.04. The number of carbonyl (C=O) groups excluding carboxylic acids is 1. The quantitative estimate of drug-likeness (QED) is 0.749. The largest absolute Gasteiger partial charge is 0.479 e. The van der Waals surface area contributed by atoms with Crippen molar-refractivity contribution in [2.75, 3.05) is 27.3 Å². The number of hydrogen-bond donors (Lipinski definition) is 0. The van der Waals surface area contributed by atoms with Gasteiger partial charge < -0.3 is 18.9 Å². The predicted octanol–water partition coefficient (Wildman–Crippen LogP) is 1.18. The molecule has 0 bridgehead atoms. The van der Waals surface area contributed by atoms with Crippen LogP contribution in [0.3, 0.4) is 0 Å². The van der Waals surface area contributed by atoms with Crippen molar-refractivity contribution in [3.63, 3.8) is 0 Å². The highest BCUT2D eigenvalue weighted by Gasteiger charge is 2.17. The van der Waals surface area contributed by atoms with Crippen molar-refractivity contribution < 1.29 is 18.8 Å². The van der Waals surface area contributed by atoms with Crippen LogP contribution in [-0.2, 0) is 4.74 Å². The number of ether oxygens (including phenoxy) is 2. The Kier molecular flexibility index (Phi) is 4.96. The van der Waals surface area contributed by atoms with Crippen molar-refractivity contribution in [2.24, 2.45) is 0 Å². The van der Waals surface area contributed by atoms with Crippen LogP contribution in [0.2, 0.25) is 0 Å². The highest BCUT2D eigenvalue weighted by Crippen LogP contribution is 2.12. The molecule has 0 saturated heterocycles. The molecule has 0 unspecified atom stereocenters. The molecule has 17 heavy (non-hydrogen) atoms. The van der Waals surface area contributed by atoms with Gasteiger partial charge in [-0.05, 0) is 19.0 Å². The van der Waals surface area contributed by atoms with Gasteiger partial charge in [-0.2, -0.15) is 0 Å². The molecule has 0 fully saturated rings. The molecule has 0 radical (unpaired) electrons. The van der Waals surface area contributed by atoms with E-state index in [0.29, 0.717) is 19.0 Å². The fourth-order valence-corrected chi connectivity index (χ4v) is 1.17. The standard InChI is InChI=1S/C11H18N2O4/c1-8(2)16-6-5-13(3)11(14)9-7-10(15-4)12-17-9/h7-8H,5-6H2,1-4H3. The molecule has 0 saturated carbocycles. The summed E-state index contributed by atoms with van der Waals surface area (Å²) in [6.45, 7) is 4.89. The highest BCUT2D eigenvalue weighted by molar-refractivity contribution is 5.91. The van der Waals surface area contributed by atoms with Gasteiger partial charge in [0, 0.05) is 13.6 Å². The van der Waals surface area contributed by atoms with E-state index in [4.69, 9.17) is 14.0 Å². The van der Waals surface area contributed by atoms with Gasteiger partial charge >= 0.3 is 0 Å². The zero-order valence-electron chi connectivity index (χ0n) is 10.6. The molecular formula is C11H18N2O4. The summed E-state index contributed by atoms with van der Waals surface area (Å²) in [4.78, 5) is 13.3. The van der Waals surface area contributed by atoms with Gasteiger partial charge in [0.05, 0.1) is 25.9 Å². The second kappa shape index (κ2) is 6.24. The van der Waals surface area contributed by atoms with Gasteiger partial charge in [-0.15, -0.1) is 0 Å². The van der Waals surface area contributed by atoms with Crippen LogP contribution in [0.15, 0.2) is 10.6 Å². The van der Waals surface area contributed by atoms with Gasteiger partial charge in [-0.3, -0.25) is 4.79 Å². The summed E-state index contributed by atoms with van der Waals surface area (Å²) >= 11 is 0. The normalized spacial score (nSPS) is 10.6. The number of methoxy groups -OCH3 is 1. The van der Waals surface area contributed by atoms with E-state index in [-0.39, 0.29) is 17.8 Å². The van der Waals surface area contributed by atoms with Crippen LogP contribution in [0, 0.1) is 0 Å². The Bertz CT molecular complexity index is 362. The minimum Gasteiger partial charge on any atom is -0.479 e. The van der Waals surface area contributed by atoms with Crippen molar-refractivity contribution in [3.8, 4) is 5.88 Å². The summed E-state index contributed by atoms with van der Waals surface area (Å²) in [5.74, 6) is 0.210. The second-order valence-corrected chi connectivity index (χ2v) is 3.88. The first-order valence-electron chi connectivity index (χ1n) is 5.42. The minimum absolute atomic E-state index is 0.156. The van der Waals surface area contributed by atoms with Crippen LogP contribution in [-0.4, -0.2) is 49.4 Å². The molecule has 6 heteroatoms. The summed E-state index contributed by atoms with van der Waals surface area (Å²) < 4.78 is 15.1. The van der Waals surface area contributed by atoms with Crippen LogP contribution < -0.4 is 4.74 Å². The van der Waals surface area contributed by atoms with E-state index in [9.17, 15) is 4.79 Å². The van der Waals surface area contributed by atoms with Crippen LogP contribution in [0.25, 0.3) is 0 Å². The van der Waals surface area contributed by atoms with Gasteiger partial charge in [0.15, 0.2) is 0 Å². The Hall–Kier alpha value is -1.56. The fourth-order valence-electron chi connectivity index (χ4n) is 1.17. The van der Waals surface area contributed by atoms with E-state index >= 15 is 0 Å². The molecule has 0 aliphatic rings. The summed E-state index contributed by atoms with van der Waals surface area (Å²) in [5.41, 5.74) is 0. The van der Waals surface area contributed by atoms with Crippen molar-refractivity contribution in [1.29, 1.82) is 0 Å². The van der Waals surface area contributed by atoms with Gasteiger partial charge in [0.25, 0.3) is 11.8 Å². The van der Waals surface area contributed by atoms with E-state index in [1.165, 1.54) is 18.1 Å². The lowest BCUT2D eigenvalue weighted by Gasteiger charge is -2.16. The molecule has 96 valence electrons. The van der Waals surface area contributed by atoms with Crippen LogP contribution in [0.5, 0.6) is 5.88 Å². The average molecular weight is 242 g/mol. The Morgan fingerprint density at radius 2 is 2.29 bits per heavy atom. The third kappa shape index (κ3) is 4.07. The summed E-state index contributed by atoms with van der Waals surface area (Å²) in [7, 11) is 3.15. The maximum atomic E-state index is 11.8. The Balaban J connectivity index is 2.46. The lowest BCUT2D eigenvalue weighted by Crippen LogP contribution is -2.30. The molecular weight excluding hydrogens is 224 g/mol. The maximum absolute atomic E-state index is 11.8. The van der Waals surface area contributed by atoms with Crippen molar-refractivity contribution in [3.05, 3.63) is 11.8 Å². The molecule has 6 nitrogen and oxygen atoms in total. The molecule has 1 aromatic rings. The SMILES string of the molecule is COc1cc(C(=O)N(C)CCOC(C)C)on1.